The zero-order chi connectivity index (χ0) is 14.5. The fourth-order valence-electron chi connectivity index (χ4n) is 1.50. The number of amides is 1. The lowest BCUT2D eigenvalue weighted by atomic mass is 10.1. The molecule has 0 radical (unpaired) electrons. The molecule has 0 bridgehead atoms. The molecule has 19 heavy (non-hydrogen) atoms. The van der Waals surface area contributed by atoms with Gasteiger partial charge in [-0.05, 0) is 44.5 Å². The van der Waals surface area contributed by atoms with Crippen molar-refractivity contribution in [1.29, 1.82) is 5.26 Å². The third-order valence-electron chi connectivity index (χ3n) is 2.08. The van der Waals surface area contributed by atoms with Crippen LogP contribution in [-0.2, 0) is 16.1 Å². The molecule has 1 aromatic rings. The van der Waals surface area contributed by atoms with Crippen LogP contribution in [0, 0.1) is 11.3 Å². The lowest BCUT2D eigenvalue weighted by molar-refractivity contribution is 0.0636. The Morgan fingerprint density at radius 1 is 1.37 bits per heavy atom. The van der Waals surface area contributed by atoms with E-state index in [0.29, 0.717) is 17.9 Å². The SMILES string of the molecule is COCc1cc(C#N)cc(NC(=O)OC(C)(C)C)c1. The molecule has 1 rings (SSSR count). The standard InChI is InChI=1S/C14H18N2O3/c1-14(2,3)19-13(17)16-12-6-10(8-15)5-11(7-12)9-18-4/h5-7H,9H2,1-4H3,(H,16,17). The number of nitrogens with one attached hydrogen (secondary N) is 1. The first-order valence-electron chi connectivity index (χ1n) is 5.87. The zero-order valence-corrected chi connectivity index (χ0v) is 11.6. The van der Waals surface area contributed by atoms with Gasteiger partial charge in [-0.25, -0.2) is 4.79 Å². The summed E-state index contributed by atoms with van der Waals surface area (Å²) in [4.78, 5) is 11.6. The van der Waals surface area contributed by atoms with Gasteiger partial charge in [0.2, 0.25) is 0 Å². The summed E-state index contributed by atoms with van der Waals surface area (Å²) in [6, 6.07) is 7.08. The van der Waals surface area contributed by atoms with Gasteiger partial charge in [-0.3, -0.25) is 5.32 Å². The quantitative estimate of drug-likeness (QED) is 0.908. The molecule has 0 saturated heterocycles. The van der Waals surface area contributed by atoms with Gasteiger partial charge in [0.05, 0.1) is 18.2 Å². The molecule has 5 heteroatoms. The van der Waals surface area contributed by atoms with Crippen molar-refractivity contribution >= 4 is 11.8 Å². The number of carbonyl (C=O) groups excluding carboxylic acids is 1. The number of hydrogen-bond donors (Lipinski definition) is 1. The highest BCUT2D eigenvalue weighted by atomic mass is 16.6. The third kappa shape index (κ3) is 5.40. The smallest absolute Gasteiger partial charge is 0.412 e. The molecule has 5 nitrogen and oxygen atoms in total. The molecule has 0 aliphatic carbocycles. The van der Waals surface area contributed by atoms with Crippen LogP contribution >= 0.6 is 0 Å². The van der Waals surface area contributed by atoms with Crippen LogP contribution in [0.5, 0.6) is 0 Å². The molecular weight excluding hydrogens is 244 g/mol. The molecule has 0 saturated carbocycles. The highest BCUT2D eigenvalue weighted by Crippen LogP contribution is 2.17. The van der Waals surface area contributed by atoms with Gasteiger partial charge in [0.15, 0.2) is 0 Å². The molecule has 0 heterocycles. The van der Waals surface area contributed by atoms with E-state index < -0.39 is 11.7 Å². The van der Waals surface area contributed by atoms with Gasteiger partial charge in [0.25, 0.3) is 0 Å². The predicted octanol–water partition coefficient (Wildman–Crippen LogP) is 3.05. The Balaban J connectivity index is 2.86. The van der Waals surface area contributed by atoms with E-state index in [1.807, 2.05) is 6.07 Å². The van der Waals surface area contributed by atoms with Crippen molar-refractivity contribution in [2.24, 2.45) is 0 Å². The maximum Gasteiger partial charge on any atom is 0.412 e. The van der Waals surface area contributed by atoms with Crippen molar-refractivity contribution in [3.05, 3.63) is 29.3 Å². The normalized spacial score (nSPS) is 10.7. The topological polar surface area (TPSA) is 71.3 Å². The number of nitrogens with zero attached hydrogens (tertiary/aromatic N) is 1. The molecule has 0 aliphatic heterocycles. The Labute approximate surface area is 113 Å². The van der Waals surface area contributed by atoms with E-state index in [1.54, 1.807) is 46.1 Å². The van der Waals surface area contributed by atoms with Crippen LogP contribution in [0.25, 0.3) is 0 Å². The summed E-state index contributed by atoms with van der Waals surface area (Å²) in [6.45, 7) is 5.73. The van der Waals surface area contributed by atoms with Crippen LogP contribution in [0.1, 0.15) is 31.9 Å². The first kappa shape index (κ1) is 15.0. The number of methoxy groups -OCH3 is 1. The molecule has 0 aliphatic rings. The van der Waals surface area contributed by atoms with Crippen molar-refractivity contribution in [1.82, 2.24) is 0 Å². The van der Waals surface area contributed by atoms with Gasteiger partial charge in [-0.2, -0.15) is 5.26 Å². The Bertz CT molecular complexity index is 498. The van der Waals surface area contributed by atoms with Crippen molar-refractivity contribution in [3.63, 3.8) is 0 Å². The summed E-state index contributed by atoms with van der Waals surface area (Å²) < 4.78 is 10.2. The Morgan fingerprint density at radius 3 is 2.58 bits per heavy atom. The van der Waals surface area contributed by atoms with Crippen molar-refractivity contribution < 1.29 is 14.3 Å². The van der Waals surface area contributed by atoms with E-state index in [9.17, 15) is 4.79 Å². The van der Waals surface area contributed by atoms with Gasteiger partial charge in [0, 0.05) is 12.8 Å². The summed E-state index contributed by atoms with van der Waals surface area (Å²) in [5.74, 6) is 0. The number of hydrogen-bond acceptors (Lipinski definition) is 4. The minimum atomic E-state index is -0.563. The number of carbonyl (C=O) groups is 1. The van der Waals surface area contributed by atoms with E-state index >= 15 is 0 Å². The minimum Gasteiger partial charge on any atom is -0.444 e. The molecule has 1 aromatic carbocycles. The van der Waals surface area contributed by atoms with Crippen LogP contribution in [0.2, 0.25) is 0 Å². The summed E-state index contributed by atoms with van der Waals surface area (Å²) in [5, 5.41) is 11.5. The number of ether oxygens (including phenoxy) is 2. The molecule has 1 N–H and O–H groups in total. The Hall–Kier alpha value is -2.06. The van der Waals surface area contributed by atoms with Gasteiger partial charge in [-0.1, -0.05) is 0 Å². The Kier molecular flexibility index (Phi) is 4.90. The fraction of sp³-hybridized carbons (Fsp3) is 0.429. The first-order chi connectivity index (χ1) is 8.84. The Morgan fingerprint density at radius 2 is 2.05 bits per heavy atom. The van der Waals surface area contributed by atoms with Crippen molar-refractivity contribution in [2.75, 3.05) is 12.4 Å². The second kappa shape index (κ2) is 6.21. The number of nitriles is 1. The van der Waals surface area contributed by atoms with Crippen LogP contribution in [-0.4, -0.2) is 18.8 Å². The lowest BCUT2D eigenvalue weighted by Crippen LogP contribution is -2.27. The molecule has 0 fully saturated rings. The second-order valence-corrected chi connectivity index (χ2v) is 5.09. The summed E-state index contributed by atoms with van der Waals surface area (Å²) in [6.07, 6.45) is -0.550. The third-order valence-corrected chi connectivity index (χ3v) is 2.08. The average Bonchev–Trinajstić information content (AvgIpc) is 2.26. The van der Waals surface area contributed by atoms with E-state index in [1.165, 1.54) is 0 Å². The van der Waals surface area contributed by atoms with Gasteiger partial charge < -0.3 is 9.47 Å². The maximum atomic E-state index is 11.6. The summed E-state index contributed by atoms with van der Waals surface area (Å²) in [5.41, 5.74) is 1.22. The number of benzene rings is 1. The van der Waals surface area contributed by atoms with Crippen molar-refractivity contribution in [2.45, 2.75) is 33.0 Å². The summed E-state index contributed by atoms with van der Waals surface area (Å²) >= 11 is 0. The molecule has 102 valence electrons. The largest absolute Gasteiger partial charge is 0.444 e. The maximum absolute atomic E-state index is 11.6. The van der Waals surface area contributed by atoms with Crippen LogP contribution in [0.4, 0.5) is 10.5 Å². The monoisotopic (exact) mass is 262 g/mol. The van der Waals surface area contributed by atoms with Gasteiger partial charge >= 0.3 is 6.09 Å². The molecule has 0 spiro atoms. The molecule has 0 atom stereocenters. The van der Waals surface area contributed by atoms with E-state index in [-0.39, 0.29) is 0 Å². The lowest BCUT2D eigenvalue weighted by Gasteiger charge is -2.19. The number of anilines is 1. The first-order valence-corrected chi connectivity index (χ1v) is 5.87. The highest BCUT2D eigenvalue weighted by Gasteiger charge is 2.16. The molecule has 0 unspecified atom stereocenters. The molecule has 1 amide bonds. The van der Waals surface area contributed by atoms with Crippen LogP contribution in [0.3, 0.4) is 0 Å². The molecular formula is C14H18N2O3. The number of rotatable bonds is 3. The minimum absolute atomic E-state index is 0.374. The zero-order valence-electron chi connectivity index (χ0n) is 11.6. The molecule has 0 aromatic heterocycles. The van der Waals surface area contributed by atoms with Crippen molar-refractivity contribution in [3.8, 4) is 6.07 Å². The van der Waals surface area contributed by atoms with E-state index in [4.69, 9.17) is 14.7 Å². The predicted molar refractivity (Wildman–Crippen MR) is 71.7 cm³/mol. The van der Waals surface area contributed by atoms with Crippen LogP contribution in [0.15, 0.2) is 18.2 Å². The van der Waals surface area contributed by atoms with E-state index in [2.05, 4.69) is 5.32 Å². The van der Waals surface area contributed by atoms with Gasteiger partial charge in [-0.15, -0.1) is 0 Å². The average molecular weight is 262 g/mol. The fourth-order valence-corrected chi connectivity index (χ4v) is 1.50. The van der Waals surface area contributed by atoms with E-state index in [0.717, 1.165) is 5.56 Å². The highest BCUT2D eigenvalue weighted by molar-refractivity contribution is 5.85. The summed E-state index contributed by atoms with van der Waals surface area (Å²) in [7, 11) is 1.57. The second-order valence-electron chi connectivity index (χ2n) is 5.09. The van der Waals surface area contributed by atoms with Gasteiger partial charge in [0.1, 0.15) is 5.60 Å². The van der Waals surface area contributed by atoms with Crippen LogP contribution < -0.4 is 5.32 Å².